The van der Waals surface area contributed by atoms with Gasteiger partial charge in [-0.3, -0.25) is 15.0 Å². The number of hydrogen-bond acceptors (Lipinski definition) is 6. The molecule has 1 N–H and O–H groups in total. The van der Waals surface area contributed by atoms with Crippen molar-refractivity contribution in [1.82, 2.24) is 15.1 Å². The molecule has 0 radical (unpaired) electrons. The lowest BCUT2D eigenvalue weighted by Gasteiger charge is -2.29. The number of hydrogen-bond donors (Lipinski definition) is 1. The number of carbonyl (C=O) groups is 2. The van der Waals surface area contributed by atoms with E-state index >= 15 is 0 Å². The highest BCUT2D eigenvalue weighted by atomic mass is 16.4. The van der Waals surface area contributed by atoms with Crippen LogP contribution in [0.25, 0.3) is 0 Å². The van der Waals surface area contributed by atoms with Crippen molar-refractivity contribution in [2.75, 3.05) is 25.0 Å². The molecule has 1 aliphatic heterocycles. The van der Waals surface area contributed by atoms with Crippen molar-refractivity contribution >= 4 is 18.2 Å². The standard InChI is InChI=1S/C11H16N4O3/c1-8-13-14-11(18-8)12-10(17)6-15-4-2-3-9(5-15)7-16/h7,9H,2-6H2,1H3,(H,12,14,17). The summed E-state index contributed by atoms with van der Waals surface area (Å²) in [4.78, 5) is 24.4. The van der Waals surface area contributed by atoms with Crippen LogP contribution in [0.5, 0.6) is 0 Å². The Kier molecular flexibility index (Phi) is 4.03. The summed E-state index contributed by atoms with van der Waals surface area (Å²) in [5, 5.41) is 9.84. The number of rotatable bonds is 4. The summed E-state index contributed by atoms with van der Waals surface area (Å²) < 4.78 is 5.06. The van der Waals surface area contributed by atoms with E-state index < -0.39 is 0 Å². The van der Waals surface area contributed by atoms with E-state index in [-0.39, 0.29) is 24.4 Å². The highest BCUT2D eigenvalue weighted by Gasteiger charge is 2.21. The van der Waals surface area contributed by atoms with Gasteiger partial charge in [0.15, 0.2) is 0 Å². The maximum Gasteiger partial charge on any atom is 0.322 e. The van der Waals surface area contributed by atoms with Crippen molar-refractivity contribution in [3.8, 4) is 0 Å². The number of nitrogens with zero attached hydrogens (tertiary/aromatic N) is 3. The minimum absolute atomic E-state index is 0.0391. The number of carbonyl (C=O) groups excluding carboxylic acids is 2. The highest BCUT2D eigenvalue weighted by molar-refractivity contribution is 5.90. The molecule has 0 aromatic carbocycles. The topological polar surface area (TPSA) is 88.3 Å². The molecule has 0 saturated carbocycles. The molecule has 1 aliphatic rings. The van der Waals surface area contributed by atoms with E-state index in [1.54, 1.807) is 6.92 Å². The van der Waals surface area contributed by atoms with Crippen LogP contribution in [0.2, 0.25) is 0 Å². The fourth-order valence-electron chi connectivity index (χ4n) is 2.05. The third-order valence-electron chi connectivity index (χ3n) is 2.87. The molecule has 2 rings (SSSR count). The lowest BCUT2D eigenvalue weighted by atomic mass is 10.00. The monoisotopic (exact) mass is 252 g/mol. The minimum Gasteiger partial charge on any atom is -0.408 e. The number of piperidine rings is 1. The number of aryl methyl sites for hydroxylation is 1. The summed E-state index contributed by atoms with van der Waals surface area (Å²) in [6, 6.07) is 0.112. The zero-order valence-corrected chi connectivity index (χ0v) is 10.3. The quantitative estimate of drug-likeness (QED) is 0.771. The molecule has 1 saturated heterocycles. The fraction of sp³-hybridized carbons (Fsp3) is 0.636. The van der Waals surface area contributed by atoms with Gasteiger partial charge in [-0.2, -0.15) is 0 Å². The van der Waals surface area contributed by atoms with Gasteiger partial charge in [0.25, 0.3) is 0 Å². The molecule has 1 unspecified atom stereocenters. The summed E-state index contributed by atoms with van der Waals surface area (Å²) in [5.41, 5.74) is 0. The second-order valence-electron chi connectivity index (χ2n) is 4.45. The number of aromatic nitrogens is 2. The van der Waals surface area contributed by atoms with Crippen molar-refractivity contribution in [1.29, 1.82) is 0 Å². The molecule has 7 heteroatoms. The summed E-state index contributed by atoms with van der Waals surface area (Å²) in [7, 11) is 0. The van der Waals surface area contributed by atoms with Crippen LogP contribution in [0.3, 0.4) is 0 Å². The third kappa shape index (κ3) is 3.36. The van der Waals surface area contributed by atoms with Crippen LogP contribution in [0.4, 0.5) is 6.01 Å². The molecule has 7 nitrogen and oxygen atoms in total. The van der Waals surface area contributed by atoms with Crippen LogP contribution in [0, 0.1) is 12.8 Å². The number of aldehydes is 1. The van der Waals surface area contributed by atoms with Gasteiger partial charge in [-0.1, -0.05) is 5.10 Å². The summed E-state index contributed by atoms with van der Waals surface area (Å²) in [6.45, 7) is 3.37. The summed E-state index contributed by atoms with van der Waals surface area (Å²) in [6.07, 6.45) is 2.81. The number of anilines is 1. The van der Waals surface area contributed by atoms with Crippen LogP contribution >= 0.6 is 0 Å². The van der Waals surface area contributed by atoms with Gasteiger partial charge in [-0.15, -0.1) is 5.10 Å². The molecule has 1 amide bonds. The smallest absolute Gasteiger partial charge is 0.322 e. The Morgan fingerprint density at radius 2 is 2.44 bits per heavy atom. The molecule has 1 aromatic heterocycles. The van der Waals surface area contributed by atoms with Crippen LogP contribution in [0.15, 0.2) is 4.42 Å². The van der Waals surface area contributed by atoms with E-state index in [2.05, 4.69) is 15.5 Å². The largest absolute Gasteiger partial charge is 0.408 e. The van der Waals surface area contributed by atoms with Crippen LogP contribution in [-0.4, -0.2) is 46.9 Å². The highest BCUT2D eigenvalue weighted by Crippen LogP contribution is 2.14. The van der Waals surface area contributed by atoms with E-state index in [1.807, 2.05) is 4.90 Å². The van der Waals surface area contributed by atoms with Crippen molar-refractivity contribution < 1.29 is 14.0 Å². The lowest BCUT2D eigenvalue weighted by molar-refractivity contribution is -0.119. The van der Waals surface area contributed by atoms with Crippen LogP contribution in [0.1, 0.15) is 18.7 Å². The molecule has 1 atom stereocenters. The Morgan fingerprint density at radius 1 is 1.61 bits per heavy atom. The molecule has 0 aliphatic carbocycles. The van der Waals surface area contributed by atoms with E-state index in [0.29, 0.717) is 12.4 Å². The average molecular weight is 252 g/mol. The molecule has 0 spiro atoms. The number of likely N-dealkylation sites (tertiary alicyclic amines) is 1. The van der Waals surface area contributed by atoms with Crippen molar-refractivity contribution in [2.24, 2.45) is 5.92 Å². The van der Waals surface area contributed by atoms with Crippen LogP contribution in [-0.2, 0) is 9.59 Å². The second-order valence-corrected chi connectivity index (χ2v) is 4.45. The van der Waals surface area contributed by atoms with E-state index in [1.165, 1.54) is 0 Å². The Hall–Kier alpha value is -1.76. The molecular formula is C11H16N4O3. The third-order valence-corrected chi connectivity index (χ3v) is 2.87. The zero-order valence-electron chi connectivity index (χ0n) is 10.3. The van der Waals surface area contributed by atoms with Gasteiger partial charge in [0.2, 0.25) is 11.8 Å². The van der Waals surface area contributed by atoms with E-state index in [4.69, 9.17) is 4.42 Å². The first-order valence-corrected chi connectivity index (χ1v) is 5.95. The molecular weight excluding hydrogens is 236 g/mol. The molecule has 18 heavy (non-hydrogen) atoms. The number of nitrogens with one attached hydrogen (secondary N) is 1. The van der Waals surface area contributed by atoms with Crippen molar-refractivity contribution in [2.45, 2.75) is 19.8 Å². The van der Waals surface area contributed by atoms with Crippen LogP contribution < -0.4 is 5.32 Å². The Bertz CT molecular complexity index is 432. The normalized spacial score (nSPS) is 20.6. The molecule has 98 valence electrons. The Morgan fingerprint density at radius 3 is 3.11 bits per heavy atom. The molecule has 1 aromatic rings. The summed E-state index contributed by atoms with van der Waals surface area (Å²) in [5.74, 6) is 0.242. The Labute approximate surface area is 105 Å². The Balaban J connectivity index is 1.82. The van der Waals surface area contributed by atoms with Gasteiger partial charge in [-0.25, -0.2) is 0 Å². The molecule has 0 bridgehead atoms. The van der Waals surface area contributed by atoms with E-state index in [0.717, 1.165) is 25.7 Å². The summed E-state index contributed by atoms with van der Waals surface area (Å²) >= 11 is 0. The van der Waals surface area contributed by atoms with Gasteiger partial charge in [0.05, 0.1) is 6.54 Å². The maximum absolute atomic E-state index is 11.7. The first kappa shape index (κ1) is 12.7. The first-order chi connectivity index (χ1) is 8.67. The molecule has 1 fully saturated rings. The van der Waals surface area contributed by atoms with Gasteiger partial charge in [-0.05, 0) is 19.4 Å². The lowest BCUT2D eigenvalue weighted by Crippen LogP contribution is -2.40. The predicted molar refractivity (Wildman–Crippen MR) is 62.9 cm³/mol. The average Bonchev–Trinajstić information content (AvgIpc) is 2.74. The van der Waals surface area contributed by atoms with Crippen molar-refractivity contribution in [3.05, 3.63) is 5.89 Å². The fourth-order valence-corrected chi connectivity index (χ4v) is 2.05. The number of amides is 1. The first-order valence-electron chi connectivity index (χ1n) is 5.95. The second kappa shape index (κ2) is 5.72. The zero-order chi connectivity index (χ0) is 13.0. The van der Waals surface area contributed by atoms with Gasteiger partial charge < -0.3 is 9.21 Å². The SMILES string of the molecule is Cc1nnc(NC(=O)CN2CCCC(C=O)C2)o1. The maximum atomic E-state index is 11.7. The van der Waals surface area contributed by atoms with Gasteiger partial charge in [0, 0.05) is 19.4 Å². The van der Waals surface area contributed by atoms with Gasteiger partial charge >= 0.3 is 6.01 Å². The predicted octanol–water partition coefficient (Wildman–Crippen LogP) is 0.227. The molecule has 2 heterocycles. The minimum atomic E-state index is -0.204. The van der Waals surface area contributed by atoms with Gasteiger partial charge in [0.1, 0.15) is 6.29 Å². The van der Waals surface area contributed by atoms with Crippen molar-refractivity contribution in [3.63, 3.8) is 0 Å². The van der Waals surface area contributed by atoms with E-state index in [9.17, 15) is 9.59 Å².